The second-order valence-corrected chi connectivity index (χ2v) is 6.77. The first-order valence-corrected chi connectivity index (χ1v) is 8.25. The van der Waals surface area contributed by atoms with Crippen LogP contribution in [0.15, 0.2) is 27.6 Å². The van der Waals surface area contributed by atoms with Gasteiger partial charge in [-0.3, -0.25) is 4.72 Å². The molecule has 0 aliphatic carbocycles. The van der Waals surface area contributed by atoms with Crippen LogP contribution in [0.4, 0.5) is 27.6 Å². The second-order valence-electron chi connectivity index (χ2n) is 4.35. The fourth-order valence-electron chi connectivity index (χ4n) is 1.76. The molecule has 11 heteroatoms. The molecule has 24 heavy (non-hydrogen) atoms. The zero-order chi connectivity index (χ0) is 18.2. The van der Waals surface area contributed by atoms with Gasteiger partial charge in [-0.25, -0.2) is 30.4 Å². The Labute approximate surface area is 141 Å². The molecule has 0 amide bonds. The Morgan fingerprint density at radius 3 is 2.12 bits per heavy atom. The van der Waals surface area contributed by atoms with Crippen molar-refractivity contribution < 1.29 is 35.1 Å². The van der Waals surface area contributed by atoms with Crippen LogP contribution in [0, 0.1) is 29.1 Å². The number of benzene rings is 2. The SMILES string of the molecule is COc1ccc(NS(=O)(=O)c2c(F)c(F)c(F)c(F)c2Br)cc1F. The molecule has 0 aromatic heterocycles. The molecule has 0 saturated carbocycles. The van der Waals surface area contributed by atoms with Crippen molar-refractivity contribution in [2.24, 2.45) is 0 Å². The number of nitrogens with one attached hydrogen (secondary N) is 1. The van der Waals surface area contributed by atoms with Gasteiger partial charge in [-0.1, -0.05) is 0 Å². The summed E-state index contributed by atoms with van der Waals surface area (Å²) in [7, 11) is -3.72. The van der Waals surface area contributed by atoms with Crippen molar-refractivity contribution in [3.8, 4) is 5.75 Å². The number of methoxy groups -OCH3 is 1. The summed E-state index contributed by atoms with van der Waals surface area (Å²) < 4.78 is 96.7. The van der Waals surface area contributed by atoms with Crippen LogP contribution in [0.2, 0.25) is 0 Å². The Hall–Kier alpha value is -1.88. The van der Waals surface area contributed by atoms with Crippen LogP contribution in [-0.4, -0.2) is 15.5 Å². The van der Waals surface area contributed by atoms with Crippen molar-refractivity contribution in [2.45, 2.75) is 4.90 Å². The summed E-state index contributed by atoms with van der Waals surface area (Å²) in [5.74, 6) is -9.64. The third-order valence-electron chi connectivity index (χ3n) is 2.84. The van der Waals surface area contributed by atoms with Crippen LogP contribution in [-0.2, 0) is 10.0 Å². The molecule has 0 radical (unpaired) electrons. The molecule has 0 fully saturated rings. The fraction of sp³-hybridized carbons (Fsp3) is 0.0769. The largest absolute Gasteiger partial charge is 0.494 e. The van der Waals surface area contributed by atoms with E-state index in [1.807, 2.05) is 0 Å². The Morgan fingerprint density at radius 1 is 1.00 bits per heavy atom. The molecule has 0 atom stereocenters. The number of ether oxygens (including phenoxy) is 1. The van der Waals surface area contributed by atoms with Gasteiger partial charge in [0.15, 0.2) is 34.8 Å². The Bertz CT molecular complexity index is 891. The Kier molecular flexibility index (Phi) is 5.04. The minimum absolute atomic E-state index is 0.191. The lowest BCUT2D eigenvalue weighted by Gasteiger charge is -2.13. The van der Waals surface area contributed by atoms with Crippen LogP contribution in [0.1, 0.15) is 0 Å². The van der Waals surface area contributed by atoms with Gasteiger partial charge in [0.25, 0.3) is 10.0 Å². The van der Waals surface area contributed by atoms with Crippen molar-refractivity contribution in [1.29, 1.82) is 0 Å². The normalized spacial score (nSPS) is 11.5. The lowest BCUT2D eigenvalue weighted by Crippen LogP contribution is -2.18. The van der Waals surface area contributed by atoms with E-state index in [4.69, 9.17) is 0 Å². The topological polar surface area (TPSA) is 55.4 Å². The van der Waals surface area contributed by atoms with Crippen LogP contribution in [0.3, 0.4) is 0 Å². The lowest BCUT2D eigenvalue weighted by molar-refractivity contribution is 0.386. The minimum Gasteiger partial charge on any atom is -0.494 e. The van der Waals surface area contributed by atoms with E-state index in [0.29, 0.717) is 6.07 Å². The van der Waals surface area contributed by atoms with E-state index in [9.17, 15) is 30.4 Å². The van der Waals surface area contributed by atoms with Crippen molar-refractivity contribution in [1.82, 2.24) is 0 Å². The van der Waals surface area contributed by atoms with Crippen molar-refractivity contribution in [2.75, 3.05) is 11.8 Å². The minimum atomic E-state index is -4.90. The molecule has 130 valence electrons. The highest BCUT2D eigenvalue weighted by Gasteiger charge is 2.32. The number of halogens is 6. The Morgan fingerprint density at radius 2 is 1.58 bits per heavy atom. The maximum atomic E-state index is 13.8. The summed E-state index contributed by atoms with van der Waals surface area (Å²) >= 11 is 2.37. The first-order chi connectivity index (χ1) is 11.1. The highest BCUT2D eigenvalue weighted by Crippen LogP contribution is 2.33. The first-order valence-electron chi connectivity index (χ1n) is 5.98. The van der Waals surface area contributed by atoms with E-state index < -0.39 is 48.5 Å². The standard InChI is InChI=1S/C13H7BrF5NO3S/c1-23-7-3-2-5(4-6(7)15)20-24(21,22)13-8(14)9(16)10(17)11(18)12(13)19/h2-4,20H,1H3. The fourth-order valence-corrected chi connectivity index (χ4v) is 3.93. The van der Waals surface area contributed by atoms with Gasteiger partial charge in [0, 0.05) is 6.07 Å². The molecule has 0 aliphatic rings. The van der Waals surface area contributed by atoms with Crippen molar-refractivity contribution in [3.63, 3.8) is 0 Å². The van der Waals surface area contributed by atoms with Gasteiger partial charge in [-0.15, -0.1) is 0 Å². The number of anilines is 1. The summed E-state index contributed by atoms with van der Waals surface area (Å²) in [5.41, 5.74) is -0.371. The predicted molar refractivity (Wildman–Crippen MR) is 77.7 cm³/mol. The maximum absolute atomic E-state index is 13.8. The molecule has 2 aromatic rings. The van der Waals surface area contributed by atoms with Gasteiger partial charge >= 0.3 is 0 Å². The molecule has 0 bridgehead atoms. The third-order valence-corrected chi connectivity index (χ3v) is 5.27. The molecule has 2 aromatic carbocycles. The van der Waals surface area contributed by atoms with E-state index in [1.165, 1.54) is 7.11 Å². The van der Waals surface area contributed by atoms with Gasteiger partial charge in [0.1, 0.15) is 4.90 Å². The van der Waals surface area contributed by atoms with E-state index in [0.717, 1.165) is 12.1 Å². The highest BCUT2D eigenvalue weighted by atomic mass is 79.9. The van der Waals surface area contributed by atoms with E-state index in [2.05, 4.69) is 20.7 Å². The molecule has 0 aliphatic heterocycles. The first kappa shape index (κ1) is 18.5. The number of hydrogen-bond donors (Lipinski definition) is 1. The van der Waals surface area contributed by atoms with Gasteiger partial charge in [-0.2, -0.15) is 0 Å². The van der Waals surface area contributed by atoms with Crippen LogP contribution >= 0.6 is 15.9 Å². The maximum Gasteiger partial charge on any atom is 0.266 e. The summed E-state index contributed by atoms with van der Waals surface area (Å²) in [5, 5.41) is 0. The summed E-state index contributed by atoms with van der Waals surface area (Å²) in [6, 6.07) is 2.85. The van der Waals surface area contributed by atoms with Gasteiger partial charge < -0.3 is 4.74 Å². The molecule has 4 nitrogen and oxygen atoms in total. The molecule has 0 heterocycles. The quantitative estimate of drug-likeness (QED) is 0.453. The number of hydrogen-bond acceptors (Lipinski definition) is 3. The van der Waals surface area contributed by atoms with E-state index >= 15 is 0 Å². The highest BCUT2D eigenvalue weighted by molar-refractivity contribution is 9.10. The second kappa shape index (κ2) is 6.55. The average Bonchev–Trinajstić information content (AvgIpc) is 2.50. The zero-order valence-electron chi connectivity index (χ0n) is 11.6. The molecule has 0 spiro atoms. The molecule has 1 N–H and O–H groups in total. The van der Waals surface area contributed by atoms with Crippen LogP contribution in [0.5, 0.6) is 5.75 Å². The monoisotopic (exact) mass is 431 g/mol. The lowest BCUT2D eigenvalue weighted by atomic mass is 10.3. The smallest absolute Gasteiger partial charge is 0.266 e. The average molecular weight is 432 g/mol. The summed E-state index contributed by atoms with van der Waals surface area (Å²) in [4.78, 5) is -1.49. The molecule has 2 rings (SSSR count). The molecule has 0 unspecified atom stereocenters. The third kappa shape index (κ3) is 3.18. The molecular weight excluding hydrogens is 425 g/mol. The number of rotatable bonds is 4. The van der Waals surface area contributed by atoms with Crippen LogP contribution in [0.25, 0.3) is 0 Å². The van der Waals surface area contributed by atoms with Gasteiger partial charge in [0.2, 0.25) is 0 Å². The zero-order valence-corrected chi connectivity index (χ0v) is 14.0. The Balaban J connectivity index is 2.55. The summed E-state index contributed by atoms with van der Waals surface area (Å²) in [6.07, 6.45) is 0. The van der Waals surface area contributed by atoms with Gasteiger partial charge in [-0.05, 0) is 28.1 Å². The summed E-state index contributed by atoms with van der Waals surface area (Å²) in [6.45, 7) is 0. The van der Waals surface area contributed by atoms with E-state index in [-0.39, 0.29) is 11.4 Å². The van der Waals surface area contributed by atoms with E-state index in [1.54, 1.807) is 4.72 Å². The molecule has 0 saturated heterocycles. The van der Waals surface area contributed by atoms with Gasteiger partial charge in [0.05, 0.1) is 17.3 Å². The number of sulfonamides is 1. The molecular formula is C13H7BrF5NO3S. The van der Waals surface area contributed by atoms with Crippen LogP contribution < -0.4 is 9.46 Å². The predicted octanol–water partition coefficient (Wildman–Crippen LogP) is 3.95. The van der Waals surface area contributed by atoms with Crippen molar-refractivity contribution in [3.05, 3.63) is 51.8 Å². The van der Waals surface area contributed by atoms with Crippen molar-refractivity contribution >= 4 is 31.6 Å².